The molecule has 1 unspecified atom stereocenters. The number of amides is 1. The van der Waals surface area contributed by atoms with E-state index < -0.39 is 17.9 Å². The average molecular weight is 402 g/mol. The Morgan fingerprint density at radius 1 is 1.03 bits per heavy atom. The number of hydrogen-bond donors (Lipinski definition) is 1. The van der Waals surface area contributed by atoms with E-state index in [1.54, 1.807) is 42.7 Å². The van der Waals surface area contributed by atoms with Crippen molar-refractivity contribution in [1.29, 1.82) is 0 Å². The van der Waals surface area contributed by atoms with E-state index in [2.05, 4.69) is 10.3 Å². The number of rotatable bonds is 8. The highest BCUT2D eigenvalue weighted by molar-refractivity contribution is 5.94. The summed E-state index contributed by atoms with van der Waals surface area (Å²) in [6.07, 6.45) is 6.52. The molecule has 6 heteroatoms. The van der Waals surface area contributed by atoms with E-state index in [9.17, 15) is 9.59 Å². The maximum absolute atomic E-state index is 12.3. The van der Waals surface area contributed by atoms with Crippen molar-refractivity contribution in [1.82, 2.24) is 10.3 Å². The predicted molar refractivity (Wildman–Crippen MR) is 113 cm³/mol. The second-order valence-corrected chi connectivity index (χ2v) is 6.43. The number of pyridine rings is 1. The van der Waals surface area contributed by atoms with Gasteiger partial charge in [0.2, 0.25) is 5.91 Å². The van der Waals surface area contributed by atoms with Crippen LogP contribution in [0.1, 0.15) is 22.7 Å². The number of carbonyl (C=O) groups excluding carboxylic acids is 2. The van der Waals surface area contributed by atoms with Gasteiger partial charge in [-0.1, -0.05) is 48.5 Å². The van der Waals surface area contributed by atoms with Crippen LogP contribution in [0.4, 0.5) is 0 Å². The van der Waals surface area contributed by atoms with Crippen LogP contribution >= 0.6 is 0 Å². The van der Waals surface area contributed by atoms with E-state index in [0.717, 1.165) is 16.9 Å². The van der Waals surface area contributed by atoms with Gasteiger partial charge < -0.3 is 14.8 Å². The number of hydrogen-bond acceptors (Lipinski definition) is 5. The third-order valence-electron chi connectivity index (χ3n) is 4.29. The van der Waals surface area contributed by atoms with Crippen LogP contribution in [-0.4, -0.2) is 24.0 Å². The molecule has 1 N–H and O–H groups in total. The first-order chi connectivity index (χ1) is 14.7. The van der Waals surface area contributed by atoms with Gasteiger partial charge in [-0.2, -0.15) is 0 Å². The normalized spacial score (nSPS) is 11.6. The molecule has 1 aromatic heterocycles. The molecule has 152 valence electrons. The van der Waals surface area contributed by atoms with Gasteiger partial charge >= 0.3 is 5.97 Å². The highest BCUT2D eigenvalue weighted by Crippen LogP contribution is 2.16. The summed E-state index contributed by atoms with van der Waals surface area (Å²) in [5.41, 5.74) is 2.46. The molecule has 1 amide bonds. The summed E-state index contributed by atoms with van der Waals surface area (Å²) in [5.74, 6) is -0.209. The lowest BCUT2D eigenvalue weighted by Crippen LogP contribution is -2.33. The maximum Gasteiger partial charge on any atom is 0.333 e. The maximum atomic E-state index is 12.3. The lowest BCUT2D eigenvalue weighted by Gasteiger charge is -2.15. The van der Waals surface area contributed by atoms with Gasteiger partial charge in [0.25, 0.3) is 0 Å². The largest absolute Gasteiger partial charge is 0.489 e. The van der Waals surface area contributed by atoms with Crippen LogP contribution in [-0.2, 0) is 20.9 Å². The number of nitrogens with one attached hydrogen (secondary N) is 1. The summed E-state index contributed by atoms with van der Waals surface area (Å²) in [6.45, 7) is 0.430. The van der Waals surface area contributed by atoms with Crippen molar-refractivity contribution in [2.45, 2.75) is 12.6 Å². The second kappa shape index (κ2) is 10.6. The molecule has 3 rings (SSSR count). The van der Waals surface area contributed by atoms with Crippen LogP contribution in [0.2, 0.25) is 0 Å². The van der Waals surface area contributed by atoms with Gasteiger partial charge in [-0.25, -0.2) is 4.79 Å². The molecule has 1 heterocycles. The molecule has 30 heavy (non-hydrogen) atoms. The molecular formula is C24H22N2O4. The van der Waals surface area contributed by atoms with Crippen LogP contribution in [0, 0.1) is 0 Å². The first-order valence-electron chi connectivity index (χ1n) is 9.39. The fraction of sp³-hybridized carbons (Fsp3) is 0.125. The number of aromatic nitrogens is 1. The third-order valence-corrected chi connectivity index (χ3v) is 4.29. The first kappa shape index (κ1) is 20.8. The van der Waals surface area contributed by atoms with E-state index in [1.807, 2.05) is 42.5 Å². The number of esters is 1. The zero-order valence-electron chi connectivity index (χ0n) is 16.5. The van der Waals surface area contributed by atoms with Gasteiger partial charge in [-0.05, 0) is 35.4 Å². The Morgan fingerprint density at radius 3 is 2.47 bits per heavy atom. The fourth-order valence-electron chi connectivity index (χ4n) is 2.73. The number of ether oxygens (including phenoxy) is 2. The average Bonchev–Trinajstić information content (AvgIpc) is 2.81. The quantitative estimate of drug-likeness (QED) is 0.459. The summed E-state index contributed by atoms with van der Waals surface area (Å²) >= 11 is 0. The minimum absolute atomic E-state index is 0.397. The van der Waals surface area contributed by atoms with Gasteiger partial charge in [0.15, 0.2) is 6.04 Å². The molecule has 1 atom stereocenters. The molecule has 0 fully saturated rings. The molecule has 0 aliphatic heterocycles. The van der Waals surface area contributed by atoms with E-state index in [0.29, 0.717) is 12.2 Å². The van der Waals surface area contributed by atoms with Crippen molar-refractivity contribution in [3.8, 4) is 5.75 Å². The van der Waals surface area contributed by atoms with Crippen molar-refractivity contribution in [3.63, 3.8) is 0 Å². The SMILES string of the molecule is COC(=O)C(NC(=O)C=Cc1ccc(OCc2cccnc2)cc1)c1ccccc1. The summed E-state index contributed by atoms with van der Waals surface area (Å²) < 4.78 is 10.5. The van der Waals surface area contributed by atoms with Crippen molar-refractivity contribution >= 4 is 18.0 Å². The molecule has 0 saturated heterocycles. The van der Waals surface area contributed by atoms with Crippen LogP contribution in [0.15, 0.2) is 85.2 Å². The Kier molecular flexibility index (Phi) is 7.33. The lowest BCUT2D eigenvalue weighted by atomic mass is 10.1. The Balaban J connectivity index is 1.57. The number of nitrogens with zero attached hydrogens (tertiary/aromatic N) is 1. The first-order valence-corrected chi connectivity index (χ1v) is 9.39. The monoisotopic (exact) mass is 402 g/mol. The zero-order valence-corrected chi connectivity index (χ0v) is 16.5. The third kappa shape index (κ3) is 6.04. The van der Waals surface area contributed by atoms with Crippen LogP contribution < -0.4 is 10.1 Å². The van der Waals surface area contributed by atoms with Crippen molar-refractivity contribution in [2.24, 2.45) is 0 Å². The van der Waals surface area contributed by atoms with Crippen molar-refractivity contribution < 1.29 is 19.1 Å². The van der Waals surface area contributed by atoms with Gasteiger partial charge in [0.05, 0.1) is 7.11 Å². The zero-order chi connectivity index (χ0) is 21.2. The smallest absolute Gasteiger partial charge is 0.333 e. The molecule has 6 nitrogen and oxygen atoms in total. The molecule has 0 bridgehead atoms. The van der Waals surface area contributed by atoms with E-state index in [-0.39, 0.29) is 0 Å². The van der Waals surface area contributed by atoms with E-state index in [1.165, 1.54) is 13.2 Å². The van der Waals surface area contributed by atoms with Crippen molar-refractivity contribution in [3.05, 3.63) is 102 Å². The van der Waals surface area contributed by atoms with Crippen LogP contribution in [0.5, 0.6) is 5.75 Å². The Bertz CT molecular complexity index is 987. The molecule has 0 spiro atoms. The molecule has 3 aromatic rings. The Morgan fingerprint density at radius 2 is 1.80 bits per heavy atom. The van der Waals surface area contributed by atoms with Gasteiger partial charge in [-0.15, -0.1) is 0 Å². The van der Waals surface area contributed by atoms with Crippen LogP contribution in [0.25, 0.3) is 6.08 Å². The van der Waals surface area contributed by atoms with Gasteiger partial charge in [-0.3, -0.25) is 9.78 Å². The lowest BCUT2D eigenvalue weighted by molar-refractivity contribution is -0.144. The Hall–Kier alpha value is -3.93. The summed E-state index contributed by atoms with van der Waals surface area (Å²) in [5, 5.41) is 2.67. The van der Waals surface area contributed by atoms with Crippen molar-refractivity contribution in [2.75, 3.05) is 7.11 Å². The minimum Gasteiger partial charge on any atom is -0.489 e. The van der Waals surface area contributed by atoms with Crippen LogP contribution in [0.3, 0.4) is 0 Å². The topological polar surface area (TPSA) is 77.5 Å². The second-order valence-electron chi connectivity index (χ2n) is 6.43. The van der Waals surface area contributed by atoms with E-state index in [4.69, 9.17) is 9.47 Å². The minimum atomic E-state index is -0.864. The van der Waals surface area contributed by atoms with Gasteiger partial charge in [0, 0.05) is 24.0 Å². The highest BCUT2D eigenvalue weighted by atomic mass is 16.5. The predicted octanol–water partition coefficient (Wildman–Crippen LogP) is 3.70. The summed E-state index contributed by atoms with van der Waals surface area (Å²) in [7, 11) is 1.29. The summed E-state index contributed by atoms with van der Waals surface area (Å²) in [4.78, 5) is 28.4. The molecule has 0 radical (unpaired) electrons. The number of methoxy groups -OCH3 is 1. The standard InChI is InChI=1S/C24H22N2O4/c1-29-24(28)23(20-7-3-2-4-8-20)26-22(27)14-11-18-9-12-21(13-10-18)30-17-19-6-5-15-25-16-19/h2-16,23H,17H2,1H3,(H,26,27). The Labute approximate surface area is 175 Å². The number of benzene rings is 2. The molecule has 0 saturated carbocycles. The molecular weight excluding hydrogens is 380 g/mol. The van der Waals surface area contributed by atoms with Gasteiger partial charge in [0.1, 0.15) is 12.4 Å². The highest BCUT2D eigenvalue weighted by Gasteiger charge is 2.22. The molecule has 0 aliphatic rings. The number of carbonyl (C=O) groups is 2. The van der Waals surface area contributed by atoms with E-state index >= 15 is 0 Å². The molecule has 2 aromatic carbocycles. The summed E-state index contributed by atoms with van der Waals surface area (Å²) in [6, 6.07) is 19.2. The molecule has 0 aliphatic carbocycles. The fourth-order valence-corrected chi connectivity index (χ4v) is 2.73.